The normalized spacial score (nSPS) is 10.4. The van der Waals surface area contributed by atoms with E-state index < -0.39 is 0 Å². The maximum atomic E-state index is 12.2. The zero-order valence-corrected chi connectivity index (χ0v) is 11.7. The fourth-order valence-electron chi connectivity index (χ4n) is 1.98. The van der Waals surface area contributed by atoms with Crippen molar-refractivity contribution in [2.45, 2.75) is 33.6 Å². The predicted octanol–water partition coefficient (Wildman–Crippen LogP) is 3.31. The summed E-state index contributed by atoms with van der Waals surface area (Å²) < 4.78 is 10.6. The summed E-state index contributed by atoms with van der Waals surface area (Å²) in [6, 6.07) is 3.90. The third kappa shape index (κ3) is 3.84. The standard InChI is InChI=1S/C15H22O3/c1-5-7-18-8-6-13(16)15-12(3)9-11(2)10-14(15)17-4/h9-10H,5-8H2,1-4H3. The van der Waals surface area contributed by atoms with Crippen LogP contribution in [0.1, 0.15) is 41.3 Å². The molecule has 0 heterocycles. The largest absolute Gasteiger partial charge is 0.496 e. The molecule has 0 aliphatic carbocycles. The average Bonchev–Trinajstić information content (AvgIpc) is 2.33. The number of ether oxygens (including phenoxy) is 2. The average molecular weight is 250 g/mol. The van der Waals surface area contributed by atoms with Crippen LogP contribution in [0.25, 0.3) is 0 Å². The SMILES string of the molecule is CCCOCCC(=O)c1c(C)cc(C)cc1OC. The summed E-state index contributed by atoms with van der Waals surface area (Å²) in [6.45, 7) is 7.17. The van der Waals surface area contributed by atoms with Gasteiger partial charge in [-0.15, -0.1) is 0 Å². The third-order valence-corrected chi connectivity index (χ3v) is 2.76. The summed E-state index contributed by atoms with van der Waals surface area (Å²) >= 11 is 0. The van der Waals surface area contributed by atoms with E-state index in [0.717, 1.165) is 17.5 Å². The van der Waals surface area contributed by atoms with Crippen molar-refractivity contribution in [1.82, 2.24) is 0 Å². The summed E-state index contributed by atoms with van der Waals surface area (Å²) in [5.41, 5.74) is 2.75. The van der Waals surface area contributed by atoms with E-state index in [1.54, 1.807) is 7.11 Å². The van der Waals surface area contributed by atoms with Gasteiger partial charge in [0.25, 0.3) is 0 Å². The van der Waals surface area contributed by atoms with Gasteiger partial charge >= 0.3 is 0 Å². The van der Waals surface area contributed by atoms with Crippen LogP contribution in [0.2, 0.25) is 0 Å². The molecule has 0 saturated heterocycles. The summed E-state index contributed by atoms with van der Waals surface area (Å²) in [7, 11) is 1.60. The number of hydrogen-bond donors (Lipinski definition) is 0. The molecule has 18 heavy (non-hydrogen) atoms. The fourth-order valence-corrected chi connectivity index (χ4v) is 1.98. The molecule has 0 N–H and O–H groups in total. The molecular weight excluding hydrogens is 228 g/mol. The Hall–Kier alpha value is -1.35. The topological polar surface area (TPSA) is 35.5 Å². The number of ketones is 1. The Morgan fingerprint density at radius 2 is 1.94 bits per heavy atom. The molecule has 0 aliphatic rings. The van der Waals surface area contributed by atoms with Crippen LogP contribution >= 0.6 is 0 Å². The minimum absolute atomic E-state index is 0.0838. The van der Waals surface area contributed by atoms with Gasteiger partial charge < -0.3 is 9.47 Å². The van der Waals surface area contributed by atoms with Crippen molar-refractivity contribution in [2.75, 3.05) is 20.3 Å². The van der Waals surface area contributed by atoms with Crippen LogP contribution in [-0.2, 0) is 4.74 Å². The Kier molecular flexibility index (Phi) is 5.86. The number of rotatable bonds is 7. The first kappa shape index (κ1) is 14.7. The molecule has 0 aliphatic heterocycles. The Balaban J connectivity index is 2.78. The van der Waals surface area contributed by atoms with E-state index in [4.69, 9.17) is 9.47 Å². The summed E-state index contributed by atoms with van der Waals surface area (Å²) in [6.07, 6.45) is 1.38. The molecule has 100 valence electrons. The van der Waals surface area contributed by atoms with Gasteiger partial charge in [0, 0.05) is 13.0 Å². The van der Waals surface area contributed by atoms with E-state index in [0.29, 0.717) is 30.9 Å². The van der Waals surface area contributed by atoms with Gasteiger partial charge in [0.15, 0.2) is 5.78 Å². The van der Waals surface area contributed by atoms with E-state index in [1.807, 2.05) is 26.0 Å². The second-order valence-electron chi connectivity index (χ2n) is 4.44. The lowest BCUT2D eigenvalue weighted by molar-refractivity contribution is 0.0875. The second kappa shape index (κ2) is 7.17. The first-order valence-corrected chi connectivity index (χ1v) is 6.36. The Morgan fingerprint density at radius 3 is 2.56 bits per heavy atom. The molecule has 0 spiro atoms. The fraction of sp³-hybridized carbons (Fsp3) is 0.533. The van der Waals surface area contributed by atoms with Gasteiger partial charge in [-0.2, -0.15) is 0 Å². The van der Waals surface area contributed by atoms with Crippen LogP contribution in [0, 0.1) is 13.8 Å². The smallest absolute Gasteiger partial charge is 0.169 e. The number of carbonyl (C=O) groups is 1. The predicted molar refractivity (Wildman–Crippen MR) is 72.5 cm³/mol. The number of aryl methyl sites for hydroxylation is 2. The number of carbonyl (C=O) groups excluding carboxylic acids is 1. The molecule has 0 atom stereocenters. The lowest BCUT2D eigenvalue weighted by atomic mass is 9.99. The van der Waals surface area contributed by atoms with Gasteiger partial charge in [-0.1, -0.05) is 13.0 Å². The molecule has 0 unspecified atom stereocenters. The maximum absolute atomic E-state index is 12.2. The summed E-state index contributed by atoms with van der Waals surface area (Å²) in [4.78, 5) is 12.2. The molecule has 0 aromatic heterocycles. The van der Waals surface area contributed by atoms with E-state index in [-0.39, 0.29) is 5.78 Å². The number of methoxy groups -OCH3 is 1. The third-order valence-electron chi connectivity index (χ3n) is 2.76. The van der Waals surface area contributed by atoms with Crippen molar-refractivity contribution in [1.29, 1.82) is 0 Å². The maximum Gasteiger partial charge on any atom is 0.169 e. The molecule has 0 saturated carbocycles. The first-order valence-electron chi connectivity index (χ1n) is 6.36. The van der Waals surface area contributed by atoms with Gasteiger partial charge in [0.1, 0.15) is 5.75 Å². The molecule has 0 fully saturated rings. The highest BCUT2D eigenvalue weighted by Crippen LogP contribution is 2.25. The monoisotopic (exact) mass is 250 g/mol. The van der Waals surface area contributed by atoms with Gasteiger partial charge in [0.2, 0.25) is 0 Å². The van der Waals surface area contributed by atoms with Crippen LogP contribution in [-0.4, -0.2) is 26.1 Å². The van der Waals surface area contributed by atoms with Gasteiger partial charge in [-0.25, -0.2) is 0 Å². The number of Topliss-reactive ketones (excluding diaryl/α,β-unsaturated/α-hetero) is 1. The van der Waals surface area contributed by atoms with E-state index >= 15 is 0 Å². The highest BCUT2D eigenvalue weighted by Gasteiger charge is 2.15. The van der Waals surface area contributed by atoms with Crippen molar-refractivity contribution in [3.05, 3.63) is 28.8 Å². The minimum Gasteiger partial charge on any atom is -0.496 e. The van der Waals surface area contributed by atoms with Crippen molar-refractivity contribution >= 4 is 5.78 Å². The van der Waals surface area contributed by atoms with Gasteiger partial charge in [-0.05, 0) is 37.5 Å². The van der Waals surface area contributed by atoms with Crippen LogP contribution in [0.3, 0.4) is 0 Å². The van der Waals surface area contributed by atoms with Crippen molar-refractivity contribution in [3.8, 4) is 5.75 Å². The quantitative estimate of drug-likeness (QED) is 0.550. The lowest BCUT2D eigenvalue weighted by Crippen LogP contribution is -2.09. The van der Waals surface area contributed by atoms with Gasteiger partial charge in [0.05, 0.1) is 19.3 Å². The first-order chi connectivity index (χ1) is 8.60. The number of benzene rings is 1. The Labute approximate surface area is 109 Å². The highest BCUT2D eigenvalue weighted by molar-refractivity contribution is 6.00. The zero-order valence-electron chi connectivity index (χ0n) is 11.7. The summed E-state index contributed by atoms with van der Waals surface area (Å²) in [5.74, 6) is 0.744. The Morgan fingerprint density at radius 1 is 1.22 bits per heavy atom. The second-order valence-corrected chi connectivity index (χ2v) is 4.44. The summed E-state index contributed by atoms with van der Waals surface area (Å²) in [5, 5.41) is 0. The van der Waals surface area contributed by atoms with E-state index in [9.17, 15) is 4.79 Å². The van der Waals surface area contributed by atoms with Crippen molar-refractivity contribution in [2.24, 2.45) is 0 Å². The lowest BCUT2D eigenvalue weighted by Gasteiger charge is -2.12. The van der Waals surface area contributed by atoms with Crippen LogP contribution < -0.4 is 4.74 Å². The minimum atomic E-state index is 0.0838. The van der Waals surface area contributed by atoms with Crippen molar-refractivity contribution < 1.29 is 14.3 Å². The molecule has 0 radical (unpaired) electrons. The van der Waals surface area contributed by atoms with Crippen molar-refractivity contribution in [3.63, 3.8) is 0 Å². The molecular formula is C15H22O3. The number of hydrogen-bond acceptors (Lipinski definition) is 3. The van der Waals surface area contributed by atoms with Gasteiger partial charge in [-0.3, -0.25) is 4.79 Å². The van der Waals surface area contributed by atoms with E-state index in [2.05, 4.69) is 6.92 Å². The Bertz CT molecular complexity index is 410. The molecule has 1 aromatic rings. The van der Waals surface area contributed by atoms with Crippen LogP contribution in [0.4, 0.5) is 0 Å². The van der Waals surface area contributed by atoms with E-state index in [1.165, 1.54) is 0 Å². The molecule has 0 bridgehead atoms. The molecule has 1 rings (SSSR count). The molecule has 0 amide bonds. The van der Waals surface area contributed by atoms with Crippen LogP contribution in [0.15, 0.2) is 12.1 Å². The molecule has 1 aromatic carbocycles. The highest BCUT2D eigenvalue weighted by atomic mass is 16.5. The van der Waals surface area contributed by atoms with Crippen LogP contribution in [0.5, 0.6) is 5.75 Å². The molecule has 3 heteroatoms. The zero-order chi connectivity index (χ0) is 13.5. The molecule has 3 nitrogen and oxygen atoms in total.